The van der Waals surface area contributed by atoms with Gasteiger partial charge in [-0.25, -0.2) is 34.9 Å². The Morgan fingerprint density at radius 1 is 0.207 bits per heavy atom. The molecule has 0 amide bonds. The second kappa shape index (κ2) is 24.4. The highest BCUT2D eigenvalue weighted by atomic mass is 15.0. The van der Waals surface area contributed by atoms with Crippen LogP contribution in [0.5, 0.6) is 0 Å². The summed E-state index contributed by atoms with van der Waals surface area (Å²) < 4.78 is 0. The molecule has 0 aliphatic rings. The third kappa shape index (κ3) is 11.5. The van der Waals surface area contributed by atoms with Crippen molar-refractivity contribution in [3.63, 3.8) is 0 Å². The molecule has 8 aromatic heterocycles. The van der Waals surface area contributed by atoms with Crippen LogP contribution in [0.3, 0.4) is 0 Å². The highest BCUT2D eigenvalue weighted by Crippen LogP contribution is 2.36. The monoisotopic (exact) mass is 1180 g/mol. The van der Waals surface area contributed by atoms with Crippen LogP contribution in [0, 0.1) is 27.7 Å². The van der Waals surface area contributed by atoms with Gasteiger partial charge in [0.2, 0.25) is 0 Å². The number of benzene rings is 8. The van der Waals surface area contributed by atoms with E-state index in [1.54, 1.807) is 12.4 Å². The molecular formula is C81H57N11. The molecule has 0 bridgehead atoms. The standard InChI is InChI=1S/C41H29N5.C40H28N6/c1-26-23-36(44-40-34(26)21-20-31-15-14-27(2)43-39(31)40)30-18-16-28(17-19-30)32-11-8-12-33(24-32)41-45-37(29-9-4-3-5-10-29)25-38(46-41)35-13-6-7-22-42-35;1-25-23-35(43-37-33(25)21-20-29-15-14-26(2)42-36(29)37)28-18-16-27(17-19-28)31-11-8-12-32(24-31)39-44-38(30-9-4-3-5-10-30)45-40(46-39)34-13-6-7-22-41-34/h3-25H,1-2H3;3-24H,1-2H3. The van der Waals surface area contributed by atoms with Crippen molar-refractivity contribution in [1.29, 1.82) is 0 Å². The van der Waals surface area contributed by atoms with Crippen molar-refractivity contribution in [2.45, 2.75) is 27.7 Å². The molecule has 436 valence electrons. The van der Waals surface area contributed by atoms with Gasteiger partial charge in [-0.15, -0.1) is 0 Å². The molecule has 11 nitrogen and oxygen atoms in total. The summed E-state index contributed by atoms with van der Waals surface area (Å²) in [6.07, 6.45) is 3.54. The molecule has 92 heavy (non-hydrogen) atoms. The Kier molecular flexibility index (Phi) is 14.9. The first-order valence-electron chi connectivity index (χ1n) is 30.5. The van der Waals surface area contributed by atoms with Crippen molar-refractivity contribution >= 4 is 43.6 Å². The maximum absolute atomic E-state index is 5.11. The van der Waals surface area contributed by atoms with Gasteiger partial charge < -0.3 is 0 Å². The zero-order valence-electron chi connectivity index (χ0n) is 50.9. The number of hydrogen-bond acceptors (Lipinski definition) is 11. The van der Waals surface area contributed by atoms with Gasteiger partial charge in [-0.2, -0.15) is 0 Å². The molecule has 8 aromatic carbocycles. The second-order valence-electron chi connectivity index (χ2n) is 22.9. The van der Waals surface area contributed by atoms with Crippen molar-refractivity contribution in [3.8, 4) is 113 Å². The first-order chi connectivity index (χ1) is 45.2. The lowest BCUT2D eigenvalue weighted by Crippen LogP contribution is -2.01. The van der Waals surface area contributed by atoms with Crippen molar-refractivity contribution in [3.05, 3.63) is 296 Å². The lowest BCUT2D eigenvalue weighted by atomic mass is 9.99. The van der Waals surface area contributed by atoms with E-state index in [-0.39, 0.29) is 0 Å². The number of aryl methyl sites for hydroxylation is 4. The average Bonchev–Trinajstić information content (AvgIpc) is 0.809. The zero-order valence-corrected chi connectivity index (χ0v) is 50.9. The van der Waals surface area contributed by atoms with E-state index in [0.29, 0.717) is 29.0 Å². The molecule has 0 saturated carbocycles. The smallest absolute Gasteiger partial charge is 0.182 e. The van der Waals surface area contributed by atoms with Crippen molar-refractivity contribution in [2.24, 2.45) is 0 Å². The van der Waals surface area contributed by atoms with Crippen LogP contribution in [0.2, 0.25) is 0 Å². The second-order valence-corrected chi connectivity index (χ2v) is 22.9. The lowest BCUT2D eigenvalue weighted by Gasteiger charge is -2.11. The highest BCUT2D eigenvalue weighted by molar-refractivity contribution is 6.06. The molecule has 0 aliphatic heterocycles. The Morgan fingerprint density at radius 3 is 1.11 bits per heavy atom. The average molecular weight is 1180 g/mol. The van der Waals surface area contributed by atoms with Crippen LogP contribution in [-0.2, 0) is 0 Å². The Morgan fingerprint density at radius 2 is 0.598 bits per heavy atom. The molecule has 0 radical (unpaired) electrons. The van der Waals surface area contributed by atoms with E-state index in [2.05, 4.69) is 169 Å². The van der Waals surface area contributed by atoms with Gasteiger partial charge in [0, 0.05) is 78.7 Å². The molecule has 0 unspecified atom stereocenters. The van der Waals surface area contributed by atoms with Crippen LogP contribution in [0.25, 0.3) is 157 Å². The quantitative estimate of drug-likeness (QED) is 0.121. The number of nitrogens with zero attached hydrogens (tertiary/aromatic N) is 11. The molecule has 0 fully saturated rings. The van der Waals surface area contributed by atoms with Gasteiger partial charge in [0.1, 0.15) is 5.69 Å². The van der Waals surface area contributed by atoms with Gasteiger partial charge in [-0.3, -0.25) is 19.9 Å². The maximum atomic E-state index is 5.11. The van der Waals surface area contributed by atoms with E-state index in [4.69, 9.17) is 44.9 Å². The lowest BCUT2D eigenvalue weighted by molar-refractivity contribution is 1.06. The summed E-state index contributed by atoms with van der Waals surface area (Å²) in [5.74, 6) is 2.40. The van der Waals surface area contributed by atoms with Gasteiger partial charge in [-0.1, -0.05) is 194 Å². The summed E-state index contributed by atoms with van der Waals surface area (Å²) in [7, 11) is 0. The molecule has 0 spiro atoms. The third-order valence-corrected chi connectivity index (χ3v) is 16.5. The van der Waals surface area contributed by atoms with Gasteiger partial charge in [0.25, 0.3) is 0 Å². The molecule has 0 saturated heterocycles. The minimum atomic E-state index is 0.538. The van der Waals surface area contributed by atoms with Gasteiger partial charge in [0.15, 0.2) is 23.3 Å². The Labute approximate surface area is 532 Å². The van der Waals surface area contributed by atoms with E-state index in [1.165, 1.54) is 11.1 Å². The minimum Gasteiger partial charge on any atom is -0.255 e. The van der Waals surface area contributed by atoms with Gasteiger partial charge >= 0.3 is 0 Å². The van der Waals surface area contributed by atoms with Crippen molar-refractivity contribution in [2.75, 3.05) is 0 Å². The summed E-state index contributed by atoms with van der Waals surface area (Å²) >= 11 is 0. The van der Waals surface area contributed by atoms with Crippen LogP contribution in [0.1, 0.15) is 22.5 Å². The largest absolute Gasteiger partial charge is 0.255 e. The van der Waals surface area contributed by atoms with E-state index < -0.39 is 0 Å². The highest BCUT2D eigenvalue weighted by Gasteiger charge is 2.17. The van der Waals surface area contributed by atoms with Gasteiger partial charge in [-0.05, 0) is 128 Å². The maximum Gasteiger partial charge on any atom is 0.182 e. The normalized spacial score (nSPS) is 11.3. The summed E-state index contributed by atoms with van der Waals surface area (Å²) in [4.78, 5) is 53.4. The van der Waals surface area contributed by atoms with Crippen LogP contribution in [-0.4, -0.2) is 54.8 Å². The zero-order chi connectivity index (χ0) is 62.1. The Balaban J connectivity index is 0.000000153. The predicted octanol–water partition coefficient (Wildman–Crippen LogP) is 19.2. The molecule has 0 N–H and O–H groups in total. The van der Waals surface area contributed by atoms with Crippen LogP contribution >= 0.6 is 0 Å². The number of hydrogen-bond donors (Lipinski definition) is 0. The topological polar surface area (TPSA) is 142 Å². The van der Waals surface area contributed by atoms with Crippen LogP contribution in [0.15, 0.2) is 273 Å². The molecule has 0 atom stereocenters. The summed E-state index contributed by atoms with van der Waals surface area (Å²) in [5.41, 5.74) is 23.4. The predicted molar refractivity (Wildman–Crippen MR) is 372 cm³/mol. The fraction of sp³-hybridized carbons (Fsp3) is 0.0494. The first kappa shape index (κ1) is 56.3. The van der Waals surface area contributed by atoms with E-state index >= 15 is 0 Å². The fourth-order valence-corrected chi connectivity index (χ4v) is 11.7. The van der Waals surface area contributed by atoms with E-state index in [1.807, 2.05) is 129 Å². The number of aromatic nitrogens is 11. The SMILES string of the molecule is Cc1ccc2ccc3c(C)cc(-c4ccc(-c5cccc(-c6nc(-c7ccccc7)cc(-c7ccccn7)n6)c5)cc4)nc3c2n1.Cc1ccc2ccc3c(C)cc(-c4ccc(-c5cccc(-c6nc(-c7ccccc7)nc(-c7ccccn7)n6)c5)cc4)nc3c2n1. The minimum absolute atomic E-state index is 0.538. The Bertz CT molecular complexity index is 4960. The van der Waals surface area contributed by atoms with E-state index in [0.717, 1.165) is 139 Å². The summed E-state index contributed by atoms with van der Waals surface area (Å²) in [6.45, 7) is 8.32. The number of pyridine rings is 6. The third-order valence-electron chi connectivity index (χ3n) is 16.5. The molecule has 16 rings (SSSR count). The Hall–Kier alpha value is -12.2. The molecule has 11 heteroatoms. The molecule has 16 aromatic rings. The molecule has 8 heterocycles. The first-order valence-corrected chi connectivity index (χ1v) is 30.5. The van der Waals surface area contributed by atoms with E-state index in [9.17, 15) is 0 Å². The molecule has 0 aliphatic carbocycles. The van der Waals surface area contributed by atoms with Crippen molar-refractivity contribution < 1.29 is 0 Å². The van der Waals surface area contributed by atoms with Crippen LogP contribution < -0.4 is 0 Å². The van der Waals surface area contributed by atoms with Crippen LogP contribution in [0.4, 0.5) is 0 Å². The number of fused-ring (bicyclic) bond motifs is 6. The van der Waals surface area contributed by atoms with Gasteiger partial charge in [0.05, 0.1) is 50.5 Å². The summed E-state index contributed by atoms with van der Waals surface area (Å²) in [6, 6.07) is 88.8. The molecular weight excluding hydrogens is 1130 g/mol. The van der Waals surface area contributed by atoms with Crippen molar-refractivity contribution in [1.82, 2.24) is 54.8 Å². The summed E-state index contributed by atoms with van der Waals surface area (Å²) in [5, 5.41) is 4.46. The fourth-order valence-electron chi connectivity index (χ4n) is 11.7. The number of rotatable bonds is 10.